The van der Waals surface area contributed by atoms with Crippen molar-refractivity contribution in [2.45, 2.75) is 18.3 Å². The van der Waals surface area contributed by atoms with E-state index in [1.807, 2.05) is 36.2 Å². The van der Waals surface area contributed by atoms with Crippen LogP contribution in [0.25, 0.3) is 10.8 Å². The van der Waals surface area contributed by atoms with Gasteiger partial charge in [0.1, 0.15) is 5.82 Å². The Hall–Kier alpha value is -1.33. The van der Waals surface area contributed by atoms with Crippen molar-refractivity contribution in [2.75, 3.05) is 23.5 Å². The predicted octanol–water partition coefficient (Wildman–Crippen LogP) is 2.60. The molecule has 0 spiro atoms. The number of fused-ring (bicyclic) bond motifs is 1. The van der Waals surface area contributed by atoms with Crippen molar-refractivity contribution < 1.29 is 8.42 Å². The van der Waals surface area contributed by atoms with E-state index in [2.05, 4.69) is 4.98 Å². The molecule has 4 nitrogen and oxygen atoms in total. The van der Waals surface area contributed by atoms with Gasteiger partial charge in [-0.2, -0.15) is 0 Å². The number of benzene rings is 1. The molecule has 0 N–H and O–H groups in total. The molecular weight excluding hydrogens is 308 g/mol. The molecule has 1 aliphatic rings. The highest BCUT2D eigenvalue weighted by atomic mass is 35.5. The maximum atomic E-state index is 11.7. The second-order valence-corrected chi connectivity index (χ2v) is 7.95. The van der Waals surface area contributed by atoms with E-state index in [4.69, 9.17) is 11.6 Å². The largest absolute Gasteiger partial charge is 0.355 e. The van der Waals surface area contributed by atoms with E-state index in [9.17, 15) is 8.42 Å². The second-order valence-electron chi connectivity index (χ2n) is 5.45. The number of pyridine rings is 1. The Morgan fingerprint density at radius 2 is 2.05 bits per heavy atom. The minimum absolute atomic E-state index is 0.00671. The Balaban J connectivity index is 2.05. The van der Waals surface area contributed by atoms with Gasteiger partial charge >= 0.3 is 0 Å². The molecule has 0 aliphatic carbocycles. The molecule has 2 heterocycles. The molecule has 21 heavy (non-hydrogen) atoms. The first-order valence-corrected chi connectivity index (χ1v) is 9.23. The second kappa shape index (κ2) is 5.46. The lowest BCUT2D eigenvalue weighted by Gasteiger charge is -2.26. The van der Waals surface area contributed by atoms with Gasteiger partial charge in [-0.1, -0.05) is 24.3 Å². The number of rotatable bonds is 3. The average Bonchev–Trinajstić information content (AvgIpc) is 2.85. The lowest BCUT2D eigenvalue weighted by molar-refractivity contribution is 0.600. The molecular formula is C15H17ClN2O2S. The molecule has 0 radical (unpaired) electrons. The van der Waals surface area contributed by atoms with Gasteiger partial charge < -0.3 is 4.90 Å². The van der Waals surface area contributed by atoms with E-state index >= 15 is 0 Å². The highest BCUT2D eigenvalue weighted by molar-refractivity contribution is 7.91. The normalized spacial score (nSPS) is 20.8. The van der Waals surface area contributed by atoms with Gasteiger partial charge in [0.15, 0.2) is 9.84 Å². The Morgan fingerprint density at radius 1 is 1.33 bits per heavy atom. The Bertz CT molecular complexity index is 776. The van der Waals surface area contributed by atoms with Crippen molar-refractivity contribution in [3.63, 3.8) is 0 Å². The van der Waals surface area contributed by atoms with Gasteiger partial charge in [0.05, 0.1) is 11.5 Å². The summed E-state index contributed by atoms with van der Waals surface area (Å²) in [6.07, 6.45) is 2.44. The standard InChI is InChI=1S/C15H17ClN2O2S/c1-18(12-6-7-21(19,20)10-12)15-14-5-3-2-4-13(14)11(8-16)9-17-15/h2-5,9,12H,6-8,10H2,1H3. The van der Waals surface area contributed by atoms with Crippen LogP contribution in [0.1, 0.15) is 12.0 Å². The first-order chi connectivity index (χ1) is 10.0. The van der Waals surface area contributed by atoms with Crippen molar-refractivity contribution in [3.05, 3.63) is 36.0 Å². The lowest BCUT2D eigenvalue weighted by Crippen LogP contribution is -2.33. The summed E-state index contributed by atoms with van der Waals surface area (Å²) in [7, 11) is -0.988. The number of hydrogen-bond acceptors (Lipinski definition) is 4. The molecule has 1 atom stereocenters. The molecule has 1 unspecified atom stereocenters. The minimum atomic E-state index is -2.91. The van der Waals surface area contributed by atoms with Crippen molar-refractivity contribution in [1.29, 1.82) is 0 Å². The molecule has 3 rings (SSSR count). The molecule has 0 saturated carbocycles. The molecule has 112 valence electrons. The number of nitrogens with zero attached hydrogens (tertiary/aromatic N) is 2. The maximum Gasteiger partial charge on any atom is 0.152 e. The van der Waals surface area contributed by atoms with Crippen LogP contribution in [0.2, 0.25) is 0 Å². The molecule has 1 saturated heterocycles. The number of sulfone groups is 1. The molecule has 1 aromatic carbocycles. The molecule has 2 aromatic rings. The molecule has 1 fully saturated rings. The quantitative estimate of drug-likeness (QED) is 0.814. The smallest absolute Gasteiger partial charge is 0.152 e. The fourth-order valence-corrected chi connectivity index (χ4v) is 4.86. The van der Waals surface area contributed by atoms with Crippen LogP contribution < -0.4 is 4.90 Å². The van der Waals surface area contributed by atoms with Crippen LogP contribution in [0.3, 0.4) is 0 Å². The van der Waals surface area contributed by atoms with Gasteiger partial charge in [-0.25, -0.2) is 13.4 Å². The highest BCUT2D eigenvalue weighted by Crippen LogP contribution is 2.30. The Kier molecular flexibility index (Phi) is 3.80. The summed E-state index contributed by atoms with van der Waals surface area (Å²) in [5, 5.41) is 2.09. The monoisotopic (exact) mass is 324 g/mol. The first-order valence-electron chi connectivity index (χ1n) is 6.87. The molecule has 6 heteroatoms. The van der Waals surface area contributed by atoms with Crippen molar-refractivity contribution in [2.24, 2.45) is 0 Å². The molecule has 1 aromatic heterocycles. The van der Waals surface area contributed by atoms with Crippen molar-refractivity contribution >= 4 is 38.0 Å². The number of hydrogen-bond donors (Lipinski definition) is 0. The van der Waals surface area contributed by atoms with Crippen LogP contribution in [0.4, 0.5) is 5.82 Å². The average molecular weight is 325 g/mol. The summed E-state index contributed by atoms with van der Waals surface area (Å²) in [6.45, 7) is 0. The minimum Gasteiger partial charge on any atom is -0.355 e. The topological polar surface area (TPSA) is 50.3 Å². The molecule has 0 amide bonds. The fraction of sp³-hybridized carbons (Fsp3) is 0.400. The Morgan fingerprint density at radius 3 is 2.67 bits per heavy atom. The number of aromatic nitrogens is 1. The third-order valence-corrected chi connectivity index (χ3v) is 6.13. The summed E-state index contributed by atoms with van der Waals surface area (Å²) in [4.78, 5) is 6.51. The van der Waals surface area contributed by atoms with Gasteiger partial charge in [-0.15, -0.1) is 11.6 Å². The fourth-order valence-electron chi connectivity index (χ4n) is 2.88. The Labute approximate surface area is 129 Å². The number of anilines is 1. The van der Waals surface area contributed by atoms with Crippen LogP contribution in [-0.4, -0.2) is 38.0 Å². The van der Waals surface area contributed by atoms with Crippen LogP contribution in [-0.2, 0) is 15.7 Å². The van der Waals surface area contributed by atoms with E-state index in [0.29, 0.717) is 12.3 Å². The third kappa shape index (κ3) is 2.72. The van der Waals surface area contributed by atoms with Gasteiger partial charge in [0, 0.05) is 30.6 Å². The predicted molar refractivity (Wildman–Crippen MR) is 86.8 cm³/mol. The van der Waals surface area contributed by atoms with Gasteiger partial charge in [0.25, 0.3) is 0 Å². The first kappa shape index (κ1) is 14.6. The summed E-state index contributed by atoms with van der Waals surface area (Å²) in [5.41, 5.74) is 0.989. The van der Waals surface area contributed by atoms with Gasteiger partial charge in [0.2, 0.25) is 0 Å². The molecule has 0 bridgehead atoms. The maximum absolute atomic E-state index is 11.7. The lowest BCUT2D eigenvalue weighted by atomic mass is 10.1. The van der Waals surface area contributed by atoms with E-state index in [1.54, 1.807) is 6.20 Å². The summed E-state index contributed by atoms with van der Waals surface area (Å²) in [6, 6.07) is 7.96. The summed E-state index contributed by atoms with van der Waals surface area (Å²) < 4.78 is 23.4. The number of alkyl halides is 1. The molecule has 1 aliphatic heterocycles. The summed E-state index contributed by atoms with van der Waals surface area (Å²) >= 11 is 5.97. The van der Waals surface area contributed by atoms with Crippen molar-refractivity contribution in [1.82, 2.24) is 4.98 Å². The van der Waals surface area contributed by atoms with E-state index < -0.39 is 9.84 Å². The van der Waals surface area contributed by atoms with E-state index in [1.165, 1.54) is 0 Å². The number of halogens is 1. The SMILES string of the molecule is CN(c1ncc(CCl)c2ccccc12)C1CCS(=O)(=O)C1. The zero-order valence-corrected chi connectivity index (χ0v) is 13.4. The van der Waals surface area contributed by atoms with Crippen LogP contribution in [0, 0.1) is 0 Å². The van der Waals surface area contributed by atoms with Gasteiger partial charge in [-0.05, 0) is 17.4 Å². The summed E-state index contributed by atoms with van der Waals surface area (Å²) in [5.74, 6) is 1.70. The van der Waals surface area contributed by atoms with Crippen LogP contribution in [0.15, 0.2) is 30.5 Å². The zero-order chi connectivity index (χ0) is 15.0. The van der Waals surface area contributed by atoms with Gasteiger partial charge in [-0.3, -0.25) is 0 Å². The van der Waals surface area contributed by atoms with E-state index in [-0.39, 0.29) is 17.5 Å². The van der Waals surface area contributed by atoms with E-state index in [0.717, 1.165) is 22.2 Å². The van der Waals surface area contributed by atoms with Crippen molar-refractivity contribution in [3.8, 4) is 0 Å². The van der Waals surface area contributed by atoms with Crippen LogP contribution >= 0.6 is 11.6 Å². The highest BCUT2D eigenvalue weighted by Gasteiger charge is 2.31. The van der Waals surface area contributed by atoms with Crippen LogP contribution in [0.5, 0.6) is 0 Å². The zero-order valence-electron chi connectivity index (χ0n) is 11.8. The third-order valence-electron chi connectivity index (χ3n) is 4.09.